The highest BCUT2D eigenvalue weighted by Crippen LogP contribution is 2.22. The van der Waals surface area contributed by atoms with E-state index in [1.165, 1.54) is 19.4 Å². The van der Waals surface area contributed by atoms with Crippen molar-refractivity contribution in [3.63, 3.8) is 0 Å². The number of piperidine rings is 1. The quantitative estimate of drug-likeness (QED) is 0.502. The van der Waals surface area contributed by atoms with Crippen molar-refractivity contribution in [3.05, 3.63) is 17.5 Å². The van der Waals surface area contributed by atoms with Gasteiger partial charge >= 0.3 is 0 Å². The lowest BCUT2D eigenvalue weighted by molar-refractivity contribution is 0.410. The summed E-state index contributed by atoms with van der Waals surface area (Å²) in [6.07, 6.45) is 4.31. The predicted molar refractivity (Wildman–Crippen MR) is 63.4 cm³/mol. The zero-order valence-electron chi connectivity index (χ0n) is 8.45. The monoisotopic (exact) mass is 243 g/mol. The van der Waals surface area contributed by atoms with Gasteiger partial charge in [-0.2, -0.15) is 0 Å². The molecule has 1 saturated heterocycles. The van der Waals surface area contributed by atoms with Crippen molar-refractivity contribution in [2.45, 2.75) is 17.9 Å². The number of rotatable bonds is 3. The molecule has 0 aromatic carbocycles. The van der Waals surface area contributed by atoms with E-state index in [-0.39, 0.29) is 0 Å². The molecule has 0 saturated carbocycles. The van der Waals surface area contributed by atoms with Crippen LogP contribution in [0, 0.1) is 5.92 Å². The van der Waals surface area contributed by atoms with E-state index in [2.05, 4.69) is 15.3 Å². The Kier molecular flexibility index (Phi) is 4.23. The number of hydrogen-bond donors (Lipinski definition) is 1. The first kappa shape index (κ1) is 11.2. The molecule has 0 radical (unpaired) electrons. The van der Waals surface area contributed by atoms with E-state index in [9.17, 15) is 0 Å². The van der Waals surface area contributed by atoms with Gasteiger partial charge in [0.1, 0.15) is 5.03 Å². The largest absolute Gasteiger partial charge is 0.316 e. The van der Waals surface area contributed by atoms with Crippen molar-refractivity contribution in [1.29, 1.82) is 0 Å². The molecule has 1 atom stereocenters. The van der Waals surface area contributed by atoms with E-state index in [1.807, 2.05) is 6.07 Å². The number of halogens is 1. The van der Waals surface area contributed by atoms with E-state index in [0.717, 1.165) is 23.2 Å². The van der Waals surface area contributed by atoms with Crippen LogP contribution in [0.25, 0.3) is 0 Å². The summed E-state index contributed by atoms with van der Waals surface area (Å²) in [5, 5.41) is 4.72. The minimum absolute atomic E-state index is 0.335. The van der Waals surface area contributed by atoms with Gasteiger partial charge in [-0.1, -0.05) is 0 Å². The zero-order chi connectivity index (χ0) is 10.5. The summed E-state index contributed by atoms with van der Waals surface area (Å²) in [5.41, 5.74) is 0. The number of aromatic nitrogens is 2. The van der Waals surface area contributed by atoms with Crippen molar-refractivity contribution < 1.29 is 0 Å². The van der Waals surface area contributed by atoms with E-state index in [4.69, 9.17) is 11.6 Å². The first-order valence-corrected chi connectivity index (χ1v) is 6.53. The molecule has 5 heteroatoms. The van der Waals surface area contributed by atoms with Gasteiger partial charge in [0.05, 0.1) is 0 Å². The number of hydrogen-bond acceptors (Lipinski definition) is 4. The Morgan fingerprint density at radius 1 is 1.60 bits per heavy atom. The molecule has 2 heterocycles. The third-order valence-electron chi connectivity index (χ3n) is 2.47. The minimum Gasteiger partial charge on any atom is -0.316 e. The van der Waals surface area contributed by atoms with Gasteiger partial charge in [0.25, 0.3) is 0 Å². The molecule has 3 nitrogen and oxygen atoms in total. The Hall–Kier alpha value is -0.320. The highest BCUT2D eigenvalue weighted by atomic mass is 35.5. The molecule has 1 fully saturated rings. The van der Waals surface area contributed by atoms with Crippen molar-refractivity contribution >= 4 is 23.4 Å². The summed E-state index contributed by atoms with van der Waals surface area (Å²) in [6, 6.07) is 1.91. The lowest BCUT2D eigenvalue weighted by atomic mass is 10.0. The first-order chi connectivity index (χ1) is 7.34. The normalized spacial score (nSPS) is 21.5. The highest BCUT2D eigenvalue weighted by Gasteiger charge is 2.13. The van der Waals surface area contributed by atoms with Gasteiger partial charge in [0.2, 0.25) is 5.28 Å². The molecule has 0 amide bonds. The summed E-state index contributed by atoms with van der Waals surface area (Å²) in [4.78, 5) is 8.02. The van der Waals surface area contributed by atoms with Crippen LogP contribution < -0.4 is 5.32 Å². The maximum atomic E-state index is 5.72. The van der Waals surface area contributed by atoms with Gasteiger partial charge in [0, 0.05) is 11.9 Å². The summed E-state index contributed by atoms with van der Waals surface area (Å²) >= 11 is 7.48. The van der Waals surface area contributed by atoms with Crippen LogP contribution in [0.2, 0.25) is 5.28 Å². The van der Waals surface area contributed by atoms with Crippen molar-refractivity contribution in [2.24, 2.45) is 5.92 Å². The van der Waals surface area contributed by atoms with Crippen LogP contribution in [0.1, 0.15) is 12.8 Å². The Bertz CT molecular complexity index is 315. The Morgan fingerprint density at radius 3 is 3.27 bits per heavy atom. The topological polar surface area (TPSA) is 37.8 Å². The second-order valence-electron chi connectivity index (χ2n) is 3.69. The van der Waals surface area contributed by atoms with Crippen LogP contribution in [0.5, 0.6) is 0 Å². The molecule has 1 aromatic rings. The van der Waals surface area contributed by atoms with Crippen LogP contribution in [-0.2, 0) is 0 Å². The maximum Gasteiger partial charge on any atom is 0.223 e. The molecule has 0 aliphatic carbocycles. The predicted octanol–water partition coefficient (Wildman–Crippen LogP) is 2.22. The number of nitrogens with one attached hydrogen (secondary N) is 1. The van der Waals surface area contributed by atoms with Gasteiger partial charge in [-0.25, -0.2) is 9.97 Å². The molecule has 0 bridgehead atoms. The van der Waals surface area contributed by atoms with Gasteiger partial charge < -0.3 is 5.32 Å². The Balaban J connectivity index is 1.81. The number of nitrogens with zero attached hydrogens (tertiary/aromatic N) is 2. The maximum absolute atomic E-state index is 5.72. The van der Waals surface area contributed by atoms with Gasteiger partial charge in [-0.3, -0.25) is 0 Å². The van der Waals surface area contributed by atoms with Crippen LogP contribution in [0.15, 0.2) is 17.3 Å². The standard InChI is InChI=1S/C10H14ClN3S/c11-10-13-5-3-9(14-10)15-7-8-2-1-4-12-6-8/h3,5,8,12H,1-2,4,6-7H2. The van der Waals surface area contributed by atoms with Crippen molar-refractivity contribution in [1.82, 2.24) is 15.3 Å². The molecule has 2 rings (SSSR count). The number of thioether (sulfide) groups is 1. The summed E-state index contributed by atoms with van der Waals surface area (Å²) in [7, 11) is 0. The van der Waals surface area contributed by atoms with E-state index >= 15 is 0 Å². The third kappa shape index (κ3) is 3.63. The van der Waals surface area contributed by atoms with Crippen molar-refractivity contribution in [2.75, 3.05) is 18.8 Å². The van der Waals surface area contributed by atoms with E-state index in [0.29, 0.717) is 5.28 Å². The van der Waals surface area contributed by atoms with E-state index in [1.54, 1.807) is 18.0 Å². The average molecular weight is 244 g/mol. The molecular formula is C10H14ClN3S. The molecule has 0 spiro atoms. The highest BCUT2D eigenvalue weighted by molar-refractivity contribution is 7.99. The molecular weight excluding hydrogens is 230 g/mol. The smallest absolute Gasteiger partial charge is 0.223 e. The van der Waals surface area contributed by atoms with Gasteiger partial charge in [0.15, 0.2) is 0 Å². The molecule has 1 aliphatic heterocycles. The minimum atomic E-state index is 0.335. The second kappa shape index (κ2) is 5.68. The fourth-order valence-corrected chi connectivity index (χ4v) is 2.87. The summed E-state index contributed by atoms with van der Waals surface area (Å²) in [5.74, 6) is 1.87. The molecule has 1 aromatic heterocycles. The fraction of sp³-hybridized carbons (Fsp3) is 0.600. The second-order valence-corrected chi connectivity index (χ2v) is 5.07. The Labute approximate surface area is 99.0 Å². The fourth-order valence-electron chi connectivity index (χ4n) is 1.67. The molecule has 82 valence electrons. The van der Waals surface area contributed by atoms with Gasteiger partial charge in [-0.05, 0) is 49.5 Å². The SMILES string of the molecule is Clc1nccc(SCC2CCCNC2)n1. The lowest BCUT2D eigenvalue weighted by Gasteiger charge is -2.21. The van der Waals surface area contributed by atoms with E-state index < -0.39 is 0 Å². The summed E-state index contributed by atoms with van der Waals surface area (Å²) in [6.45, 7) is 2.30. The van der Waals surface area contributed by atoms with Gasteiger partial charge in [-0.15, -0.1) is 11.8 Å². The van der Waals surface area contributed by atoms with Crippen LogP contribution in [0.4, 0.5) is 0 Å². The molecule has 1 N–H and O–H groups in total. The average Bonchev–Trinajstić information content (AvgIpc) is 2.28. The van der Waals surface area contributed by atoms with Crippen LogP contribution >= 0.6 is 23.4 Å². The Morgan fingerprint density at radius 2 is 2.53 bits per heavy atom. The van der Waals surface area contributed by atoms with Crippen molar-refractivity contribution in [3.8, 4) is 0 Å². The third-order valence-corrected chi connectivity index (χ3v) is 3.81. The van der Waals surface area contributed by atoms with Crippen LogP contribution in [-0.4, -0.2) is 28.8 Å². The zero-order valence-corrected chi connectivity index (χ0v) is 10.0. The molecule has 15 heavy (non-hydrogen) atoms. The lowest BCUT2D eigenvalue weighted by Crippen LogP contribution is -2.30. The van der Waals surface area contributed by atoms with Crippen LogP contribution in [0.3, 0.4) is 0 Å². The summed E-state index contributed by atoms with van der Waals surface area (Å²) < 4.78 is 0. The molecule has 1 aliphatic rings. The first-order valence-electron chi connectivity index (χ1n) is 5.16. The molecule has 1 unspecified atom stereocenters.